The normalized spacial score (nSPS) is 14.0. The van der Waals surface area contributed by atoms with E-state index in [0.717, 1.165) is 49.1 Å². The van der Waals surface area contributed by atoms with E-state index in [0.29, 0.717) is 5.56 Å². The first-order valence-electron chi connectivity index (χ1n) is 9.44. The second kappa shape index (κ2) is 8.08. The summed E-state index contributed by atoms with van der Waals surface area (Å²) in [5.41, 5.74) is 2.45. The Morgan fingerprint density at radius 3 is 2.25 bits per heavy atom. The molecule has 0 atom stereocenters. The number of carbonyl (C=O) groups is 1. The number of rotatable bonds is 4. The number of benzene rings is 1. The molecule has 6 nitrogen and oxygen atoms in total. The van der Waals surface area contributed by atoms with Crippen LogP contribution in [-0.4, -0.2) is 42.1 Å². The average Bonchev–Trinajstić information content (AvgIpc) is 2.75. The molecule has 1 saturated heterocycles. The molecule has 1 aliphatic heterocycles. The molecule has 0 unspecified atom stereocenters. The van der Waals surface area contributed by atoms with Gasteiger partial charge in [-0.3, -0.25) is 4.79 Å². The summed E-state index contributed by atoms with van der Waals surface area (Å²) in [6.45, 7) is 5.54. The molecule has 0 saturated carbocycles. The minimum absolute atomic E-state index is 0.148. The minimum Gasteiger partial charge on any atom is -0.353 e. The zero-order chi connectivity index (χ0) is 19.3. The summed E-state index contributed by atoms with van der Waals surface area (Å²) >= 11 is 0. The van der Waals surface area contributed by atoms with Gasteiger partial charge in [0.15, 0.2) is 0 Å². The van der Waals surface area contributed by atoms with Crippen LogP contribution < -0.4 is 15.1 Å². The molecule has 1 amide bonds. The lowest BCUT2D eigenvalue weighted by Crippen LogP contribution is -2.47. The Hall–Kier alpha value is -3.41. The van der Waals surface area contributed by atoms with Crippen molar-refractivity contribution in [1.29, 1.82) is 0 Å². The van der Waals surface area contributed by atoms with Crippen LogP contribution in [-0.2, 0) is 0 Å². The van der Waals surface area contributed by atoms with Crippen molar-refractivity contribution in [2.24, 2.45) is 0 Å². The van der Waals surface area contributed by atoms with Gasteiger partial charge in [-0.2, -0.15) is 0 Å². The molecule has 1 aromatic carbocycles. The van der Waals surface area contributed by atoms with Crippen LogP contribution in [0.2, 0.25) is 0 Å². The number of carbonyl (C=O) groups excluding carboxylic acids is 1. The molecule has 1 aliphatic rings. The Labute approximate surface area is 164 Å². The molecular formula is C22H23N5O. The molecule has 142 valence electrons. The van der Waals surface area contributed by atoms with Crippen LogP contribution in [0.4, 0.5) is 17.3 Å². The Balaban J connectivity index is 1.36. The van der Waals surface area contributed by atoms with E-state index >= 15 is 0 Å². The summed E-state index contributed by atoms with van der Waals surface area (Å²) in [4.78, 5) is 25.9. The highest BCUT2D eigenvalue weighted by molar-refractivity contribution is 6.04. The SMILES string of the molecule is Cc1cccc(NC(=O)c2ccc(N3CCN(c4ccccn4)CC3)nc2)c1. The van der Waals surface area contributed by atoms with Crippen molar-refractivity contribution in [3.8, 4) is 0 Å². The van der Waals surface area contributed by atoms with Crippen molar-refractivity contribution in [2.45, 2.75) is 6.92 Å². The first kappa shape index (κ1) is 18.0. The molecule has 1 N–H and O–H groups in total. The quantitative estimate of drug-likeness (QED) is 0.760. The van der Waals surface area contributed by atoms with Gasteiger partial charge < -0.3 is 15.1 Å². The molecular weight excluding hydrogens is 350 g/mol. The van der Waals surface area contributed by atoms with Gasteiger partial charge in [-0.25, -0.2) is 9.97 Å². The maximum Gasteiger partial charge on any atom is 0.257 e. The van der Waals surface area contributed by atoms with Crippen molar-refractivity contribution >= 4 is 23.2 Å². The molecule has 2 aromatic heterocycles. The molecule has 0 bridgehead atoms. The van der Waals surface area contributed by atoms with Crippen LogP contribution in [0.3, 0.4) is 0 Å². The van der Waals surface area contributed by atoms with Crippen molar-refractivity contribution in [3.63, 3.8) is 0 Å². The van der Waals surface area contributed by atoms with Crippen LogP contribution in [0.5, 0.6) is 0 Å². The lowest BCUT2D eigenvalue weighted by atomic mass is 10.2. The van der Waals surface area contributed by atoms with Gasteiger partial charge >= 0.3 is 0 Å². The van der Waals surface area contributed by atoms with E-state index in [2.05, 4.69) is 25.1 Å². The topological polar surface area (TPSA) is 61.4 Å². The number of anilines is 3. The smallest absolute Gasteiger partial charge is 0.257 e. The fraction of sp³-hybridized carbons (Fsp3) is 0.227. The van der Waals surface area contributed by atoms with E-state index < -0.39 is 0 Å². The van der Waals surface area contributed by atoms with E-state index in [9.17, 15) is 4.79 Å². The van der Waals surface area contributed by atoms with Gasteiger partial charge in [0.2, 0.25) is 0 Å². The van der Waals surface area contributed by atoms with E-state index in [1.165, 1.54) is 0 Å². The van der Waals surface area contributed by atoms with E-state index in [1.54, 1.807) is 6.20 Å². The summed E-state index contributed by atoms with van der Waals surface area (Å²) in [5, 5.41) is 2.92. The summed E-state index contributed by atoms with van der Waals surface area (Å²) in [7, 11) is 0. The molecule has 0 aliphatic carbocycles. The summed E-state index contributed by atoms with van der Waals surface area (Å²) in [6, 6.07) is 17.5. The van der Waals surface area contributed by atoms with Crippen LogP contribution >= 0.6 is 0 Å². The first-order valence-corrected chi connectivity index (χ1v) is 9.44. The van der Waals surface area contributed by atoms with Gasteiger partial charge in [0.25, 0.3) is 5.91 Å². The number of aromatic nitrogens is 2. The zero-order valence-corrected chi connectivity index (χ0v) is 15.9. The number of amides is 1. The second-order valence-electron chi connectivity index (χ2n) is 6.89. The highest BCUT2D eigenvalue weighted by Crippen LogP contribution is 2.18. The van der Waals surface area contributed by atoms with E-state index in [4.69, 9.17) is 0 Å². The van der Waals surface area contributed by atoms with Crippen molar-refractivity contribution < 1.29 is 4.79 Å². The fourth-order valence-electron chi connectivity index (χ4n) is 3.34. The minimum atomic E-state index is -0.148. The second-order valence-corrected chi connectivity index (χ2v) is 6.89. The fourth-order valence-corrected chi connectivity index (χ4v) is 3.34. The Kier molecular flexibility index (Phi) is 5.19. The predicted molar refractivity (Wildman–Crippen MR) is 112 cm³/mol. The van der Waals surface area contributed by atoms with Gasteiger partial charge in [-0.15, -0.1) is 0 Å². The van der Waals surface area contributed by atoms with Crippen LogP contribution in [0.15, 0.2) is 67.0 Å². The number of nitrogens with zero attached hydrogens (tertiary/aromatic N) is 4. The van der Waals surface area contributed by atoms with E-state index in [1.807, 2.05) is 67.7 Å². The average molecular weight is 373 g/mol. The van der Waals surface area contributed by atoms with Gasteiger partial charge in [-0.05, 0) is 48.9 Å². The molecule has 28 heavy (non-hydrogen) atoms. The molecule has 0 spiro atoms. The highest BCUT2D eigenvalue weighted by atomic mass is 16.1. The third kappa shape index (κ3) is 4.11. The lowest BCUT2D eigenvalue weighted by Gasteiger charge is -2.36. The molecule has 6 heteroatoms. The predicted octanol–water partition coefficient (Wildman–Crippen LogP) is 3.36. The highest BCUT2D eigenvalue weighted by Gasteiger charge is 2.19. The van der Waals surface area contributed by atoms with Crippen molar-refractivity contribution in [3.05, 3.63) is 78.1 Å². The zero-order valence-electron chi connectivity index (χ0n) is 15.9. The summed E-state index contributed by atoms with van der Waals surface area (Å²) < 4.78 is 0. The number of aryl methyl sites for hydroxylation is 1. The Morgan fingerprint density at radius 1 is 0.893 bits per heavy atom. The van der Waals surface area contributed by atoms with Crippen LogP contribution in [0, 0.1) is 6.92 Å². The van der Waals surface area contributed by atoms with Gasteiger partial charge in [0.1, 0.15) is 11.6 Å². The number of piperazine rings is 1. The third-order valence-electron chi connectivity index (χ3n) is 4.86. The monoisotopic (exact) mass is 373 g/mol. The summed E-state index contributed by atoms with van der Waals surface area (Å²) in [5.74, 6) is 1.76. The van der Waals surface area contributed by atoms with Gasteiger partial charge in [0, 0.05) is 44.3 Å². The van der Waals surface area contributed by atoms with Gasteiger partial charge in [0.05, 0.1) is 5.56 Å². The lowest BCUT2D eigenvalue weighted by molar-refractivity contribution is 0.102. The molecule has 1 fully saturated rings. The number of hydrogen-bond donors (Lipinski definition) is 1. The maximum atomic E-state index is 12.4. The largest absolute Gasteiger partial charge is 0.353 e. The Bertz CT molecular complexity index is 935. The first-order chi connectivity index (χ1) is 13.7. The van der Waals surface area contributed by atoms with Crippen LogP contribution in [0.1, 0.15) is 15.9 Å². The number of pyridine rings is 2. The number of hydrogen-bond acceptors (Lipinski definition) is 5. The van der Waals surface area contributed by atoms with Crippen molar-refractivity contribution in [2.75, 3.05) is 41.3 Å². The third-order valence-corrected chi connectivity index (χ3v) is 4.86. The molecule has 0 radical (unpaired) electrons. The van der Waals surface area contributed by atoms with Crippen LogP contribution in [0.25, 0.3) is 0 Å². The standard InChI is InChI=1S/C22H23N5O/c1-17-5-4-6-19(15-17)25-22(28)18-8-9-21(24-16-18)27-13-11-26(12-14-27)20-7-2-3-10-23-20/h2-10,15-16H,11-14H2,1H3,(H,25,28). The molecule has 4 rings (SSSR count). The summed E-state index contributed by atoms with van der Waals surface area (Å²) in [6.07, 6.45) is 3.47. The molecule has 3 aromatic rings. The Morgan fingerprint density at radius 2 is 1.64 bits per heavy atom. The van der Waals surface area contributed by atoms with E-state index in [-0.39, 0.29) is 5.91 Å². The number of nitrogens with one attached hydrogen (secondary N) is 1. The van der Waals surface area contributed by atoms with Gasteiger partial charge in [-0.1, -0.05) is 18.2 Å². The maximum absolute atomic E-state index is 12.4. The van der Waals surface area contributed by atoms with Crippen molar-refractivity contribution in [1.82, 2.24) is 9.97 Å². The molecule has 3 heterocycles.